The zero-order valence-electron chi connectivity index (χ0n) is 11.6. The maximum atomic E-state index is 13.6. The van der Waals surface area contributed by atoms with E-state index in [1.54, 1.807) is 12.1 Å². The number of hydrogen-bond acceptors (Lipinski definition) is 4. The first kappa shape index (κ1) is 14.9. The number of aromatic hydroxyl groups is 2. The van der Waals surface area contributed by atoms with Crippen LogP contribution in [-0.4, -0.2) is 32.9 Å². The molecule has 0 atom stereocenters. The van der Waals surface area contributed by atoms with Gasteiger partial charge < -0.3 is 14.8 Å². The molecule has 0 unspecified atom stereocenters. The predicted molar refractivity (Wildman–Crippen MR) is 72.0 cm³/mol. The molecule has 1 aromatic heterocycles. The van der Waals surface area contributed by atoms with Crippen LogP contribution in [0.3, 0.4) is 0 Å². The van der Waals surface area contributed by atoms with Crippen molar-refractivity contribution < 1.29 is 24.2 Å². The molecule has 1 amide bonds. The number of nitrogens with zero attached hydrogens (tertiary/aromatic N) is 2. The molecule has 1 aromatic carbocycles. The maximum absolute atomic E-state index is 13.6. The summed E-state index contributed by atoms with van der Waals surface area (Å²) >= 11 is 0. The summed E-state index contributed by atoms with van der Waals surface area (Å²) in [5.41, 5.74) is 0.139. The summed E-state index contributed by atoms with van der Waals surface area (Å²) < 4.78 is 14.8. The lowest BCUT2D eigenvalue weighted by molar-refractivity contribution is -0.102. The molecule has 7 heteroatoms. The standard InChI is InChI=1S/C14H15FN2O4/c1-16-8-10(12(18)14(16)20)13(19)17(21-2)7-9-5-3-4-6-11(9)15/h3-6,8,18,20H,7H2,1-2H3. The first-order valence-corrected chi connectivity index (χ1v) is 6.12. The molecule has 0 bridgehead atoms. The van der Waals surface area contributed by atoms with Crippen molar-refractivity contribution in [1.82, 2.24) is 9.63 Å². The Bertz CT molecular complexity index is 669. The second-order valence-electron chi connectivity index (χ2n) is 4.44. The second-order valence-corrected chi connectivity index (χ2v) is 4.44. The van der Waals surface area contributed by atoms with Crippen molar-refractivity contribution in [3.8, 4) is 11.6 Å². The van der Waals surface area contributed by atoms with Crippen molar-refractivity contribution in [3.05, 3.63) is 47.4 Å². The zero-order valence-corrected chi connectivity index (χ0v) is 11.6. The Labute approximate surface area is 120 Å². The van der Waals surface area contributed by atoms with Crippen LogP contribution in [0.5, 0.6) is 11.6 Å². The molecule has 21 heavy (non-hydrogen) atoms. The van der Waals surface area contributed by atoms with Crippen molar-refractivity contribution in [2.75, 3.05) is 7.11 Å². The largest absolute Gasteiger partial charge is 0.503 e. The van der Waals surface area contributed by atoms with E-state index in [9.17, 15) is 19.4 Å². The number of benzene rings is 1. The molecule has 0 aliphatic rings. The van der Waals surface area contributed by atoms with E-state index in [4.69, 9.17) is 4.84 Å². The second kappa shape index (κ2) is 5.84. The van der Waals surface area contributed by atoms with Crippen LogP contribution >= 0.6 is 0 Å². The molecule has 6 nitrogen and oxygen atoms in total. The molecule has 112 valence electrons. The summed E-state index contributed by atoms with van der Waals surface area (Å²) in [5, 5.41) is 20.1. The molecule has 0 aliphatic carbocycles. The fourth-order valence-corrected chi connectivity index (χ4v) is 1.89. The molecule has 0 spiro atoms. The van der Waals surface area contributed by atoms with Crippen LogP contribution in [-0.2, 0) is 18.4 Å². The number of aromatic nitrogens is 1. The van der Waals surface area contributed by atoms with Gasteiger partial charge in [-0.2, -0.15) is 0 Å². The average molecular weight is 294 g/mol. The molecule has 0 saturated heterocycles. The van der Waals surface area contributed by atoms with Crippen molar-refractivity contribution >= 4 is 5.91 Å². The minimum absolute atomic E-state index is 0.128. The van der Waals surface area contributed by atoms with E-state index in [-0.39, 0.29) is 17.7 Å². The normalized spacial score (nSPS) is 10.6. The molecular formula is C14H15FN2O4. The van der Waals surface area contributed by atoms with Crippen LogP contribution in [0.1, 0.15) is 15.9 Å². The minimum atomic E-state index is -0.686. The Morgan fingerprint density at radius 2 is 2.05 bits per heavy atom. The summed E-state index contributed by atoms with van der Waals surface area (Å²) in [6, 6.07) is 5.98. The highest BCUT2D eigenvalue weighted by Gasteiger charge is 2.24. The highest BCUT2D eigenvalue weighted by molar-refractivity contribution is 5.97. The van der Waals surface area contributed by atoms with Crippen LogP contribution in [0.25, 0.3) is 0 Å². The minimum Gasteiger partial charge on any atom is -0.503 e. The third-order valence-electron chi connectivity index (χ3n) is 3.07. The molecule has 0 radical (unpaired) electrons. The molecule has 0 saturated carbocycles. The summed E-state index contributed by atoms with van der Waals surface area (Å²) in [6.07, 6.45) is 1.26. The van der Waals surface area contributed by atoms with E-state index < -0.39 is 23.4 Å². The predicted octanol–water partition coefficient (Wildman–Crippen LogP) is 1.78. The third-order valence-corrected chi connectivity index (χ3v) is 3.07. The van der Waals surface area contributed by atoms with Gasteiger partial charge in [-0.25, -0.2) is 9.45 Å². The van der Waals surface area contributed by atoms with E-state index in [2.05, 4.69) is 0 Å². The molecular weight excluding hydrogens is 279 g/mol. The first-order valence-electron chi connectivity index (χ1n) is 6.12. The lowest BCUT2D eigenvalue weighted by atomic mass is 10.2. The molecule has 0 fully saturated rings. The first-order chi connectivity index (χ1) is 9.95. The highest BCUT2D eigenvalue weighted by atomic mass is 19.1. The van der Waals surface area contributed by atoms with Crippen molar-refractivity contribution in [2.24, 2.45) is 7.05 Å². The molecule has 2 aromatic rings. The molecule has 2 N–H and O–H groups in total. The van der Waals surface area contributed by atoms with Gasteiger partial charge in [-0.1, -0.05) is 18.2 Å². The van der Waals surface area contributed by atoms with Gasteiger partial charge in [-0.3, -0.25) is 9.63 Å². The van der Waals surface area contributed by atoms with Gasteiger partial charge in [0.2, 0.25) is 5.88 Å². The quantitative estimate of drug-likeness (QED) is 0.843. The van der Waals surface area contributed by atoms with Crippen molar-refractivity contribution in [1.29, 1.82) is 0 Å². The van der Waals surface area contributed by atoms with Gasteiger partial charge in [0.1, 0.15) is 11.4 Å². The van der Waals surface area contributed by atoms with Crippen LogP contribution in [0.4, 0.5) is 4.39 Å². The SMILES string of the molecule is CON(Cc1ccccc1F)C(=O)c1cn(C)c(O)c1O. The smallest absolute Gasteiger partial charge is 0.283 e. The van der Waals surface area contributed by atoms with Crippen LogP contribution in [0.2, 0.25) is 0 Å². The molecule has 2 rings (SSSR count). The lowest BCUT2D eigenvalue weighted by Crippen LogP contribution is -2.29. The average Bonchev–Trinajstić information content (AvgIpc) is 2.73. The fourth-order valence-electron chi connectivity index (χ4n) is 1.89. The number of carbonyl (C=O) groups is 1. The lowest BCUT2D eigenvalue weighted by Gasteiger charge is -2.19. The number of halogens is 1. The fraction of sp³-hybridized carbons (Fsp3) is 0.214. The van der Waals surface area contributed by atoms with Gasteiger partial charge in [0, 0.05) is 18.8 Å². The summed E-state index contributed by atoms with van der Waals surface area (Å²) in [6.45, 7) is -0.128. The molecule has 0 aliphatic heterocycles. The van der Waals surface area contributed by atoms with Gasteiger partial charge in [0.25, 0.3) is 5.91 Å². The topological polar surface area (TPSA) is 74.9 Å². The number of amides is 1. The number of hydrogen-bond donors (Lipinski definition) is 2. The Morgan fingerprint density at radius 1 is 1.38 bits per heavy atom. The van der Waals surface area contributed by atoms with Gasteiger partial charge in [-0.05, 0) is 6.07 Å². The van der Waals surface area contributed by atoms with Gasteiger partial charge in [0.05, 0.1) is 13.7 Å². The Balaban J connectivity index is 2.27. The molecule has 1 heterocycles. The van der Waals surface area contributed by atoms with Crippen LogP contribution in [0.15, 0.2) is 30.5 Å². The van der Waals surface area contributed by atoms with E-state index >= 15 is 0 Å². The summed E-state index contributed by atoms with van der Waals surface area (Å²) in [7, 11) is 2.73. The zero-order chi connectivity index (χ0) is 15.6. The Morgan fingerprint density at radius 3 is 2.57 bits per heavy atom. The third kappa shape index (κ3) is 2.82. The number of rotatable bonds is 4. The number of hydroxylamine groups is 2. The monoisotopic (exact) mass is 294 g/mol. The number of aryl methyl sites for hydroxylation is 1. The maximum Gasteiger partial charge on any atom is 0.283 e. The summed E-state index contributed by atoms with van der Waals surface area (Å²) in [4.78, 5) is 17.2. The summed E-state index contributed by atoms with van der Waals surface area (Å²) in [5.74, 6) is -2.12. The van der Waals surface area contributed by atoms with E-state index in [0.29, 0.717) is 0 Å². The van der Waals surface area contributed by atoms with E-state index in [0.717, 1.165) is 5.06 Å². The van der Waals surface area contributed by atoms with Gasteiger partial charge in [-0.15, -0.1) is 0 Å². The van der Waals surface area contributed by atoms with Crippen molar-refractivity contribution in [3.63, 3.8) is 0 Å². The highest BCUT2D eigenvalue weighted by Crippen LogP contribution is 2.31. The Kier molecular flexibility index (Phi) is 4.13. The van der Waals surface area contributed by atoms with Gasteiger partial charge in [0.15, 0.2) is 5.75 Å². The van der Waals surface area contributed by atoms with E-state index in [1.807, 2.05) is 0 Å². The van der Waals surface area contributed by atoms with E-state index in [1.165, 1.54) is 37.1 Å². The van der Waals surface area contributed by atoms with Crippen LogP contribution < -0.4 is 0 Å². The van der Waals surface area contributed by atoms with Crippen molar-refractivity contribution in [2.45, 2.75) is 6.54 Å². The Hall–Kier alpha value is -2.54. The van der Waals surface area contributed by atoms with Crippen LogP contribution in [0, 0.1) is 5.82 Å². The number of carbonyl (C=O) groups excluding carboxylic acids is 1. The van der Waals surface area contributed by atoms with Gasteiger partial charge >= 0.3 is 0 Å².